The minimum absolute atomic E-state index is 0.144. The van der Waals surface area contributed by atoms with Crippen LogP contribution < -0.4 is 5.32 Å². The summed E-state index contributed by atoms with van der Waals surface area (Å²) in [5.74, 6) is 1.78. The molecule has 7 nitrogen and oxygen atoms in total. The lowest BCUT2D eigenvalue weighted by molar-refractivity contribution is -0.118. The lowest BCUT2D eigenvalue weighted by Gasteiger charge is -2.10. The van der Waals surface area contributed by atoms with Crippen molar-refractivity contribution in [3.8, 4) is 17.3 Å². The number of nitrogens with zero attached hydrogens (tertiary/aromatic N) is 3. The van der Waals surface area contributed by atoms with Crippen molar-refractivity contribution >= 4 is 29.3 Å². The van der Waals surface area contributed by atoms with Gasteiger partial charge in [-0.15, -0.1) is 10.2 Å². The number of carbonyl (C=O) groups is 1. The predicted molar refractivity (Wildman–Crippen MR) is 105 cm³/mol. The Balaban J connectivity index is 1.55. The van der Waals surface area contributed by atoms with E-state index in [4.69, 9.17) is 20.4 Å². The molecule has 0 aliphatic heterocycles. The molecule has 0 aliphatic rings. The summed E-state index contributed by atoms with van der Waals surface area (Å²) in [5.41, 5.74) is 0.707. The van der Waals surface area contributed by atoms with Gasteiger partial charge in [-0.3, -0.25) is 9.36 Å². The molecular formula is C19H15ClN4O3S. The molecule has 1 amide bonds. The molecule has 0 saturated heterocycles. The van der Waals surface area contributed by atoms with Crippen molar-refractivity contribution in [2.75, 3.05) is 5.75 Å². The molecule has 4 aromatic rings. The van der Waals surface area contributed by atoms with E-state index in [1.807, 2.05) is 18.2 Å². The number of rotatable bonds is 7. The molecule has 3 aromatic heterocycles. The molecule has 0 unspecified atom stereocenters. The Hall–Kier alpha value is -2.97. The second kappa shape index (κ2) is 8.37. The van der Waals surface area contributed by atoms with Crippen molar-refractivity contribution in [1.82, 2.24) is 20.1 Å². The van der Waals surface area contributed by atoms with Gasteiger partial charge in [0.25, 0.3) is 0 Å². The molecule has 1 N–H and O–H groups in total. The minimum Gasteiger partial charge on any atom is -0.467 e. The monoisotopic (exact) mass is 414 g/mol. The van der Waals surface area contributed by atoms with E-state index < -0.39 is 0 Å². The fraction of sp³-hybridized carbons (Fsp3) is 0.105. The van der Waals surface area contributed by atoms with E-state index in [1.165, 1.54) is 11.8 Å². The average molecular weight is 415 g/mol. The fourth-order valence-corrected chi connectivity index (χ4v) is 3.55. The van der Waals surface area contributed by atoms with E-state index >= 15 is 0 Å². The quantitative estimate of drug-likeness (QED) is 0.456. The van der Waals surface area contributed by atoms with Gasteiger partial charge in [0, 0.05) is 0 Å². The number of hydrogen-bond donors (Lipinski definition) is 1. The molecule has 0 aliphatic carbocycles. The SMILES string of the molecule is O=C(CSc1nnc(-c2ccco2)n1-c1ccccc1Cl)NCc1ccco1. The largest absolute Gasteiger partial charge is 0.467 e. The van der Waals surface area contributed by atoms with Crippen molar-refractivity contribution in [3.05, 3.63) is 71.8 Å². The second-order valence-corrected chi connectivity index (χ2v) is 7.06. The van der Waals surface area contributed by atoms with Crippen LogP contribution in [0, 0.1) is 0 Å². The van der Waals surface area contributed by atoms with Gasteiger partial charge < -0.3 is 14.2 Å². The van der Waals surface area contributed by atoms with Gasteiger partial charge in [0.15, 0.2) is 10.9 Å². The van der Waals surface area contributed by atoms with Gasteiger partial charge >= 0.3 is 0 Å². The highest BCUT2D eigenvalue weighted by atomic mass is 35.5. The molecule has 9 heteroatoms. The van der Waals surface area contributed by atoms with Crippen LogP contribution in [0.2, 0.25) is 5.02 Å². The molecule has 0 saturated carbocycles. The highest BCUT2D eigenvalue weighted by molar-refractivity contribution is 7.99. The maximum absolute atomic E-state index is 12.2. The number of halogens is 1. The summed E-state index contributed by atoms with van der Waals surface area (Å²) in [6, 6.07) is 14.5. The molecular weight excluding hydrogens is 400 g/mol. The first-order chi connectivity index (χ1) is 13.7. The zero-order valence-corrected chi connectivity index (χ0v) is 16.1. The Labute approximate surface area is 169 Å². The topological polar surface area (TPSA) is 86.1 Å². The third kappa shape index (κ3) is 3.97. The van der Waals surface area contributed by atoms with E-state index in [-0.39, 0.29) is 11.7 Å². The second-order valence-electron chi connectivity index (χ2n) is 5.72. The van der Waals surface area contributed by atoms with Gasteiger partial charge in [0.05, 0.1) is 35.5 Å². The van der Waals surface area contributed by atoms with E-state index in [9.17, 15) is 4.79 Å². The Morgan fingerprint density at radius 2 is 1.89 bits per heavy atom. The number of carbonyl (C=O) groups excluding carboxylic acids is 1. The highest BCUT2D eigenvalue weighted by Crippen LogP contribution is 2.31. The number of para-hydroxylation sites is 1. The number of aromatic nitrogens is 3. The van der Waals surface area contributed by atoms with Gasteiger partial charge in [-0.25, -0.2) is 0 Å². The van der Waals surface area contributed by atoms with Crippen molar-refractivity contribution in [2.45, 2.75) is 11.7 Å². The normalized spacial score (nSPS) is 10.9. The average Bonchev–Trinajstić information content (AvgIpc) is 3.46. The van der Waals surface area contributed by atoms with Crippen molar-refractivity contribution in [1.29, 1.82) is 0 Å². The molecule has 0 bridgehead atoms. The van der Waals surface area contributed by atoms with Gasteiger partial charge in [-0.2, -0.15) is 0 Å². The number of hydrogen-bond acceptors (Lipinski definition) is 6. The third-order valence-electron chi connectivity index (χ3n) is 3.84. The van der Waals surface area contributed by atoms with Crippen LogP contribution in [0.4, 0.5) is 0 Å². The number of nitrogens with one attached hydrogen (secondary N) is 1. The molecule has 28 heavy (non-hydrogen) atoms. The Morgan fingerprint density at radius 1 is 1.07 bits per heavy atom. The molecule has 1 aromatic carbocycles. The van der Waals surface area contributed by atoms with Gasteiger partial charge in [0.2, 0.25) is 11.7 Å². The molecule has 0 atom stereocenters. The highest BCUT2D eigenvalue weighted by Gasteiger charge is 2.20. The Morgan fingerprint density at radius 3 is 2.64 bits per heavy atom. The summed E-state index contributed by atoms with van der Waals surface area (Å²) in [6.07, 6.45) is 3.13. The first-order valence-corrected chi connectivity index (χ1v) is 9.75. The zero-order valence-electron chi connectivity index (χ0n) is 14.5. The van der Waals surface area contributed by atoms with Crippen LogP contribution in [-0.4, -0.2) is 26.4 Å². The zero-order chi connectivity index (χ0) is 19.3. The maximum Gasteiger partial charge on any atom is 0.230 e. The first-order valence-electron chi connectivity index (χ1n) is 8.38. The van der Waals surface area contributed by atoms with Gasteiger partial charge in [-0.1, -0.05) is 35.5 Å². The van der Waals surface area contributed by atoms with Crippen LogP contribution in [0.5, 0.6) is 0 Å². The molecule has 142 valence electrons. The third-order valence-corrected chi connectivity index (χ3v) is 5.09. The van der Waals surface area contributed by atoms with Crippen molar-refractivity contribution < 1.29 is 13.6 Å². The number of thioether (sulfide) groups is 1. The Kier molecular flexibility index (Phi) is 5.50. The van der Waals surface area contributed by atoms with E-state index in [2.05, 4.69) is 15.5 Å². The van der Waals surface area contributed by atoms with Crippen LogP contribution in [0.1, 0.15) is 5.76 Å². The Bertz CT molecular complexity index is 1060. The number of amides is 1. The van der Waals surface area contributed by atoms with E-state index in [0.29, 0.717) is 39.8 Å². The van der Waals surface area contributed by atoms with Crippen LogP contribution in [0.3, 0.4) is 0 Å². The minimum atomic E-state index is -0.144. The van der Waals surface area contributed by atoms with Crippen LogP contribution >= 0.6 is 23.4 Å². The lowest BCUT2D eigenvalue weighted by Crippen LogP contribution is -2.24. The summed E-state index contributed by atoms with van der Waals surface area (Å²) in [6.45, 7) is 0.335. The van der Waals surface area contributed by atoms with Gasteiger partial charge in [0.1, 0.15) is 5.76 Å². The number of furan rings is 2. The summed E-state index contributed by atoms with van der Waals surface area (Å²) < 4.78 is 12.5. The van der Waals surface area contributed by atoms with E-state index in [0.717, 1.165) is 0 Å². The summed E-state index contributed by atoms with van der Waals surface area (Å²) in [5, 5.41) is 12.3. The standard InChI is InChI=1S/C19H15ClN4O3S/c20-14-6-1-2-7-15(14)24-18(16-8-4-10-27-16)22-23-19(24)28-12-17(25)21-11-13-5-3-9-26-13/h1-10H,11-12H2,(H,21,25). The number of benzene rings is 1. The van der Waals surface area contributed by atoms with Crippen molar-refractivity contribution in [2.24, 2.45) is 0 Å². The van der Waals surface area contributed by atoms with Crippen LogP contribution in [0.25, 0.3) is 17.3 Å². The smallest absolute Gasteiger partial charge is 0.230 e. The summed E-state index contributed by atoms with van der Waals surface area (Å²) in [4.78, 5) is 12.2. The molecule has 0 spiro atoms. The first kappa shape index (κ1) is 18.4. The molecule has 3 heterocycles. The molecule has 4 rings (SSSR count). The van der Waals surface area contributed by atoms with Crippen LogP contribution in [-0.2, 0) is 11.3 Å². The summed E-state index contributed by atoms with van der Waals surface area (Å²) in [7, 11) is 0. The van der Waals surface area contributed by atoms with Gasteiger partial charge in [-0.05, 0) is 36.4 Å². The molecule has 0 fully saturated rings. The predicted octanol–water partition coefficient (Wildman–Crippen LogP) is 4.18. The maximum atomic E-state index is 12.2. The summed E-state index contributed by atoms with van der Waals surface area (Å²) >= 11 is 7.64. The molecule has 0 radical (unpaired) electrons. The van der Waals surface area contributed by atoms with E-state index in [1.54, 1.807) is 47.4 Å². The lowest BCUT2D eigenvalue weighted by atomic mass is 10.3. The van der Waals surface area contributed by atoms with Crippen molar-refractivity contribution in [3.63, 3.8) is 0 Å². The fourth-order valence-electron chi connectivity index (χ4n) is 2.56. The van der Waals surface area contributed by atoms with Crippen LogP contribution in [0.15, 0.2) is 75.0 Å².